The number of carboxylic acid groups (broad SMARTS) is 1. The molecule has 2 amide bonds. The number of carboxylic acids is 1. The molecule has 1 aliphatic rings. The van der Waals surface area contributed by atoms with Crippen molar-refractivity contribution in [2.45, 2.75) is 25.3 Å². The van der Waals surface area contributed by atoms with Crippen LogP contribution in [-0.4, -0.2) is 45.5 Å². The predicted octanol–water partition coefficient (Wildman–Crippen LogP) is 3.37. The van der Waals surface area contributed by atoms with Crippen LogP contribution < -0.4 is 10.6 Å². The van der Waals surface area contributed by atoms with Gasteiger partial charge in [0, 0.05) is 19.2 Å². The third-order valence-corrected chi connectivity index (χ3v) is 5.65. The molecule has 9 heteroatoms. The van der Waals surface area contributed by atoms with Crippen molar-refractivity contribution >= 4 is 23.8 Å². The van der Waals surface area contributed by atoms with Crippen molar-refractivity contribution in [2.75, 3.05) is 11.9 Å². The fourth-order valence-corrected chi connectivity index (χ4v) is 4.05. The van der Waals surface area contributed by atoms with Gasteiger partial charge in [0.05, 0.1) is 0 Å². The van der Waals surface area contributed by atoms with E-state index in [9.17, 15) is 19.5 Å². The van der Waals surface area contributed by atoms with Gasteiger partial charge in [0.1, 0.15) is 18.2 Å². The van der Waals surface area contributed by atoms with Gasteiger partial charge in [0.2, 0.25) is 0 Å². The number of fused-ring (bicyclic) bond motifs is 3. The summed E-state index contributed by atoms with van der Waals surface area (Å²) in [4.78, 5) is 36.3. The number of aromatic nitrogens is 2. The number of ether oxygens (including phenoxy) is 1. The van der Waals surface area contributed by atoms with Crippen LogP contribution in [0.2, 0.25) is 0 Å². The molecule has 1 aliphatic carbocycles. The van der Waals surface area contributed by atoms with E-state index in [1.807, 2.05) is 48.5 Å². The Morgan fingerprint density at radius 3 is 2.27 bits per heavy atom. The zero-order valence-electron chi connectivity index (χ0n) is 18.2. The lowest BCUT2D eigenvalue weighted by Crippen LogP contribution is -2.40. The standard InChI is InChI=1S/C24H24N4O5/c1-3-20(23(30)31)25-22(29)18-12-28(2)27-21(18)26-24(32)33-13-19-16-10-6-4-8-14(16)15-9-5-7-11-17(15)19/h4-12,19-20H,3,13H2,1-2H3,(H,25,29)(H,30,31)(H,26,27,32)/t20-/m0/s1. The van der Waals surface area contributed by atoms with E-state index < -0.39 is 24.0 Å². The molecular weight excluding hydrogens is 424 g/mol. The Morgan fingerprint density at radius 2 is 1.70 bits per heavy atom. The van der Waals surface area contributed by atoms with Crippen molar-refractivity contribution in [2.24, 2.45) is 7.05 Å². The number of hydrogen-bond acceptors (Lipinski definition) is 5. The van der Waals surface area contributed by atoms with Gasteiger partial charge in [0.15, 0.2) is 5.82 Å². The van der Waals surface area contributed by atoms with Crippen LogP contribution in [0.3, 0.4) is 0 Å². The number of carbonyl (C=O) groups excluding carboxylic acids is 2. The summed E-state index contributed by atoms with van der Waals surface area (Å²) in [5.41, 5.74) is 4.46. The maximum Gasteiger partial charge on any atom is 0.412 e. The minimum Gasteiger partial charge on any atom is -0.480 e. The molecule has 33 heavy (non-hydrogen) atoms. The largest absolute Gasteiger partial charge is 0.480 e. The Kier molecular flexibility index (Phi) is 6.12. The number of anilines is 1. The number of benzene rings is 2. The second-order valence-corrected chi connectivity index (χ2v) is 7.79. The van der Waals surface area contributed by atoms with Crippen molar-refractivity contribution in [3.63, 3.8) is 0 Å². The van der Waals surface area contributed by atoms with E-state index in [1.165, 1.54) is 10.9 Å². The second kappa shape index (κ2) is 9.15. The summed E-state index contributed by atoms with van der Waals surface area (Å²) in [7, 11) is 1.59. The van der Waals surface area contributed by atoms with Crippen molar-refractivity contribution in [1.82, 2.24) is 15.1 Å². The van der Waals surface area contributed by atoms with Gasteiger partial charge < -0.3 is 15.2 Å². The molecule has 2 aromatic carbocycles. The van der Waals surface area contributed by atoms with Crippen LogP contribution in [0.1, 0.15) is 40.7 Å². The van der Waals surface area contributed by atoms with E-state index in [2.05, 4.69) is 15.7 Å². The number of nitrogens with zero attached hydrogens (tertiary/aromatic N) is 2. The number of rotatable bonds is 7. The average Bonchev–Trinajstić information content (AvgIpc) is 3.33. The molecule has 3 aromatic rings. The molecule has 9 nitrogen and oxygen atoms in total. The molecule has 0 spiro atoms. The molecule has 1 aromatic heterocycles. The van der Waals surface area contributed by atoms with Crippen LogP contribution in [0, 0.1) is 0 Å². The molecule has 0 unspecified atom stereocenters. The highest BCUT2D eigenvalue weighted by molar-refractivity contribution is 6.02. The van der Waals surface area contributed by atoms with Gasteiger partial charge in [-0.15, -0.1) is 0 Å². The molecule has 0 radical (unpaired) electrons. The number of amides is 2. The minimum absolute atomic E-state index is 0.00698. The monoisotopic (exact) mass is 448 g/mol. The van der Waals surface area contributed by atoms with E-state index in [-0.39, 0.29) is 30.3 Å². The Hall–Kier alpha value is -4.14. The number of hydrogen-bond donors (Lipinski definition) is 3. The summed E-state index contributed by atoms with van der Waals surface area (Å²) < 4.78 is 6.86. The van der Waals surface area contributed by atoms with Gasteiger partial charge in [-0.3, -0.25) is 14.8 Å². The predicted molar refractivity (Wildman–Crippen MR) is 121 cm³/mol. The molecule has 0 bridgehead atoms. The zero-order chi connectivity index (χ0) is 23.5. The first-order valence-corrected chi connectivity index (χ1v) is 10.6. The summed E-state index contributed by atoms with van der Waals surface area (Å²) in [6, 6.07) is 15.0. The first-order valence-electron chi connectivity index (χ1n) is 10.6. The molecule has 0 fully saturated rings. The molecule has 170 valence electrons. The lowest BCUT2D eigenvalue weighted by molar-refractivity contribution is -0.139. The van der Waals surface area contributed by atoms with E-state index in [0.717, 1.165) is 22.3 Å². The number of carbonyl (C=O) groups is 3. The molecule has 3 N–H and O–H groups in total. The maximum atomic E-state index is 12.6. The third-order valence-electron chi connectivity index (χ3n) is 5.65. The highest BCUT2D eigenvalue weighted by Crippen LogP contribution is 2.44. The van der Waals surface area contributed by atoms with Crippen molar-refractivity contribution in [3.05, 3.63) is 71.4 Å². The molecule has 4 rings (SSSR count). The quantitative estimate of drug-likeness (QED) is 0.509. The molecule has 0 saturated heterocycles. The first kappa shape index (κ1) is 22.1. The molecular formula is C24H24N4O5. The fraction of sp³-hybridized carbons (Fsp3) is 0.250. The second-order valence-electron chi connectivity index (χ2n) is 7.79. The Labute approximate surface area is 190 Å². The summed E-state index contributed by atoms with van der Waals surface area (Å²) in [5.74, 6) is -1.89. The molecule has 1 atom stereocenters. The van der Waals surface area contributed by atoms with Gasteiger partial charge in [-0.05, 0) is 28.7 Å². The Bertz CT molecular complexity index is 1170. The smallest absolute Gasteiger partial charge is 0.412 e. The minimum atomic E-state index is -1.14. The Balaban J connectivity index is 1.45. The van der Waals surface area contributed by atoms with E-state index in [1.54, 1.807) is 14.0 Å². The zero-order valence-corrected chi connectivity index (χ0v) is 18.2. The fourth-order valence-electron chi connectivity index (χ4n) is 4.05. The Morgan fingerprint density at radius 1 is 1.09 bits per heavy atom. The molecule has 1 heterocycles. The van der Waals surface area contributed by atoms with Gasteiger partial charge >= 0.3 is 12.1 Å². The summed E-state index contributed by atoms with van der Waals surface area (Å²) in [6.45, 7) is 1.77. The average molecular weight is 448 g/mol. The normalized spacial score (nSPS) is 13.0. The van der Waals surface area contributed by atoms with Crippen molar-refractivity contribution < 1.29 is 24.2 Å². The van der Waals surface area contributed by atoms with Gasteiger partial charge in [-0.25, -0.2) is 9.59 Å². The van der Waals surface area contributed by atoms with Crippen LogP contribution in [0.15, 0.2) is 54.7 Å². The lowest BCUT2D eigenvalue weighted by atomic mass is 9.98. The van der Waals surface area contributed by atoms with Gasteiger partial charge in [0.25, 0.3) is 5.91 Å². The van der Waals surface area contributed by atoms with E-state index in [4.69, 9.17) is 4.74 Å². The molecule has 0 aliphatic heterocycles. The maximum absolute atomic E-state index is 12.6. The molecule has 0 saturated carbocycles. The number of aryl methyl sites for hydroxylation is 1. The summed E-state index contributed by atoms with van der Waals surface area (Å²) in [5, 5.41) is 18.2. The summed E-state index contributed by atoms with van der Waals surface area (Å²) >= 11 is 0. The van der Waals surface area contributed by atoms with Crippen LogP contribution in [0.25, 0.3) is 11.1 Å². The van der Waals surface area contributed by atoms with Crippen LogP contribution >= 0.6 is 0 Å². The lowest BCUT2D eigenvalue weighted by Gasteiger charge is -2.15. The van der Waals surface area contributed by atoms with Crippen LogP contribution in [0.5, 0.6) is 0 Å². The topological polar surface area (TPSA) is 123 Å². The summed E-state index contributed by atoms with van der Waals surface area (Å²) in [6.07, 6.45) is 0.870. The van der Waals surface area contributed by atoms with Crippen molar-refractivity contribution in [1.29, 1.82) is 0 Å². The van der Waals surface area contributed by atoms with E-state index >= 15 is 0 Å². The van der Waals surface area contributed by atoms with Gasteiger partial charge in [-0.2, -0.15) is 5.10 Å². The third kappa shape index (κ3) is 4.43. The van der Waals surface area contributed by atoms with Crippen LogP contribution in [-0.2, 0) is 16.6 Å². The number of nitrogens with one attached hydrogen (secondary N) is 2. The van der Waals surface area contributed by atoms with Gasteiger partial charge in [-0.1, -0.05) is 55.5 Å². The SMILES string of the molecule is CC[C@H](NC(=O)c1cn(C)nc1NC(=O)OCC1c2ccccc2-c2ccccc21)C(=O)O. The first-order chi connectivity index (χ1) is 15.9. The van der Waals surface area contributed by atoms with Crippen molar-refractivity contribution in [3.8, 4) is 11.1 Å². The van der Waals surface area contributed by atoms with Crippen LogP contribution in [0.4, 0.5) is 10.6 Å². The highest BCUT2D eigenvalue weighted by atomic mass is 16.5. The van der Waals surface area contributed by atoms with E-state index in [0.29, 0.717) is 0 Å². The highest BCUT2D eigenvalue weighted by Gasteiger charge is 2.29. The number of aliphatic carboxylic acids is 1.